The molecule has 5 aromatic rings. The fourth-order valence-corrected chi connectivity index (χ4v) is 7.63. The molecule has 4 atom stereocenters. The zero-order valence-corrected chi connectivity index (χ0v) is 24.8. The Labute approximate surface area is 267 Å². The Bertz CT molecular complexity index is 1950. The van der Waals surface area contributed by atoms with E-state index in [4.69, 9.17) is 4.74 Å². The summed E-state index contributed by atoms with van der Waals surface area (Å²) < 4.78 is 6.55. The molecule has 224 valence electrons. The number of fused-ring (bicyclic) bond motifs is 6. The highest BCUT2D eigenvalue weighted by atomic mass is 16.5. The maximum atomic E-state index is 15.1. The van der Waals surface area contributed by atoms with Crippen molar-refractivity contribution in [1.82, 2.24) is 0 Å². The molecular weight excluding hydrogens is 572 g/mol. The van der Waals surface area contributed by atoms with Crippen molar-refractivity contribution in [2.75, 3.05) is 10.2 Å². The molecule has 0 saturated carbocycles. The van der Waals surface area contributed by atoms with Crippen LogP contribution >= 0.6 is 0 Å². The third-order valence-corrected chi connectivity index (χ3v) is 9.56. The van der Waals surface area contributed by atoms with Crippen molar-refractivity contribution in [2.24, 2.45) is 5.92 Å². The van der Waals surface area contributed by atoms with E-state index in [0.29, 0.717) is 16.8 Å². The number of carbonyl (C=O) groups is 3. The Morgan fingerprint density at radius 2 is 1.30 bits per heavy atom. The van der Waals surface area contributed by atoms with E-state index in [1.807, 2.05) is 144 Å². The molecule has 6 heteroatoms. The summed E-state index contributed by atoms with van der Waals surface area (Å²) in [7, 11) is 0. The van der Waals surface area contributed by atoms with Gasteiger partial charge in [0.25, 0.3) is 0 Å². The molecule has 3 aliphatic rings. The summed E-state index contributed by atoms with van der Waals surface area (Å²) in [4.78, 5) is 46.5. The summed E-state index contributed by atoms with van der Waals surface area (Å²) in [5.74, 6) is -2.37. The van der Waals surface area contributed by atoms with Crippen LogP contribution in [0.4, 0.5) is 11.4 Å². The molecule has 0 radical (unpaired) electrons. The first kappa shape index (κ1) is 27.8. The molecule has 3 aliphatic heterocycles. The molecule has 1 spiro atoms. The maximum Gasteiger partial charge on any atom is 0.314 e. The first-order chi connectivity index (χ1) is 22.6. The number of ether oxygens (including phenoxy) is 1. The SMILES string of the molecule is O=C(OC(c1ccccc1)c1ccccc1)[C@@H]1[C@H](C(=O)c2ccccc2)N2c3ccccc3C=C[C@@H]2[C@]12C(=O)Nc1ccccc12. The number of carbonyl (C=O) groups excluding carboxylic acids is 3. The number of hydrogen-bond acceptors (Lipinski definition) is 5. The number of esters is 1. The lowest BCUT2D eigenvalue weighted by Gasteiger charge is -2.37. The Morgan fingerprint density at radius 1 is 0.717 bits per heavy atom. The Hall–Kier alpha value is -5.75. The largest absolute Gasteiger partial charge is 0.452 e. The number of benzene rings is 5. The summed E-state index contributed by atoms with van der Waals surface area (Å²) in [5, 5.41) is 3.07. The Kier molecular flexibility index (Phi) is 6.64. The molecule has 0 bridgehead atoms. The van der Waals surface area contributed by atoms with Crippen LogP contribution in [-0.4, -0.2) is 29.7 Å². The fraction of sp³-hybridized carbons (Fsp3) is 0.125. The first-order valence-electron chi connectivity index (χ1n) is 15.4. The van der Waals surface area contributed by atoms with Crippen LogP contribution in [0.2, 0.25) is 0 Å². The average Bonchev–Trinajstić information content (AvgIpc) is 3.60. The number of para-hydroxylation sites is 2. The van der Waals surface area contributed by atoms with E-state index in [9.17, 15) is 9.59 Å². The molecule has 1 amide bonds. The monoisotopic (exact) mass is 602 g/mol. The third-order valence-electron chi connectivity index (χ3n) is 9.56. The molecule has 6 nitrogen and oxygen atoms in total. The second kappa shape index (κ2) is 11.0. The van der Waals surface area contributed by atoms with Crippen molar-refractivity contribution < 1.29 is 19.1 Å². The second-order valence-corrected chi connectivity index (χ2v) is 11.9. The average molecular weight is 603 g/mol. The summed E-state index contributed by atoms with van der Waals surface area (Å²) in [6, 6.07) is 41.7. The van der Waals surface area contributed by atoms with Gasteiger partial charge in [0.05, 0.1) is 6.04 Å². The van der Waals surface area contributed by atoms with Crippen LogP contribution in [0.1, 0.15) is 38.7 Å². The molecule has 8 rings (SSSR count). The molecule has 0 aliphatic carbocycles. The lowest BCUT2D eigenvalue weighted by molar-refractivity contribution is -0.156. The number of rotatable bonds is 6. The van der Waals surface area contributed by atoms with Crippen LogP contribution in [0.25, 0.3) is 6.08 Å². The summed E-state index contributed by atoms with van der Waals surface area (Å²) in [6.45, 7) is 0. The zero-order valence-electron chi connectivity index (χ0n) is 24.8. The number of Topliss-reactive ketones (excluding diaryl/α,β-unsaturated/α-hetero) is 1. The van der Waals surface area contributed by atoms with Crippen molar-refractivity contribution in [3.63, 3.8) is 0 Å². The van der Waals surface area contributed by atoms with Crippen molar-refractivity contribution in [3.8, 4) is 0 Å². The van der Waals surface area contributed by atoms with Crippen molar-refractivity contribution in [1.29, 1.82) is 0 Å². The topological polar surface area (TPSA) is 75.7 Å². The molecule has 3 heterocycles. The predicted octanol–water partition coefficient (Wildman–Crippen LogP) is 6.99. The number of amides is 1. The van der Waals surface area contributed by atoms with Crippen LogP contribution in [0.5, 0.6) is 0 Å². The minimum atomic E-state index is -1.44. The van der Waals surface area contributed by atoms with Gasteiger partial charge in [-0.15, -0.1) is 0 Å². The quantitative estimate of drug-likeness (QED) is 0.168. The van der Waals surface area contributed by atoms with Crippen LogP contribution < -0.4 is 10.2 Å². The molecule has 46 heavy (non-hydrogen) atoms. The molecule has 1 saturated heterocycles. The molecule has 0 aromatic heterocycles. The highest BCUT2D eigenvalue weighted by Crippen LogP contribution is 2.58. The van der Waals surface area contributed by atoms with Crippen molar-refractivity contribution >= 4 is 35.1 Å². The van der Waals surface area contributed by atoms with Crippen molar-refractivity contribution in [2.45, 2.75) is 23.6 Å². The van der Waals surface area contributed by atoms with E-state index in [1.54, 1.807) is 12.1 Å². The number of nitrogens with one attached hydrogen (secondary N) is 1. The van der Waals surface area contributed by atoms with E-state index >= 15 is 4.79 Å². The van der Waals surface area contributed by atoms with Gasteiger partial charge in [-0.2, -0.15) is 0 Å². The molecule has 1 fully saturated rings. The van der Waals surface area contributed by atoms with E-state index in [1.165, 1.54) is 0 Å². The maximum absolute atomic E-state index is 15.1. The summed E-state index contributed by atoms with van der Waals surface area (Å²) >= 11 is 0. The highest BCUT2D eigenvalue weighted by molar-refractivity contribution is 6.15. The normalized spacial score (nSPS) is 22.2. The molecule has 0 unspecified atom stereocenters. The van der Waals surface area contributed by atoms with Gasteiger partial charge in [0.2, 0.25) is 5.91 Å². The smallest absolute Gasteiger partial charge is 0.314 e. The van der Waals surface area contributed by atoms with Gasteiger partial charge in [0, 0.05) is 16.9 Å². The van der Waals surface area contributed by atoms with E-state index < -0.39 is 35.5 Å². The van der Waals surface area contributed by atoms with Gasteiger partial charge in [0.1, 0.15) is 17.4 Å². The standard InChI is InChI=1S/C40H30N2O4/c43-36(27-15-4-1-5-16-27)35-34(38(44)46-37(28-17-6-2-7-18-28)29-19-8-3-9-20-29)40(30-21-11-12-22-31(30)41-39(40)45)33-25-24-26-14-10-13-23-32(26)42(33)35/h1-25,33-35,37H,(H,41,45)/t33-,34+,35-,40+/m1/s1. The summed E-state index contributed by atoms with van der Waals surface area (Å²) in [5.41, 5.74) is 3.62. The Morgan fingerprint density at radius 3 is 2.00 bits per heavy atom. The van der Waals surface area contributed by atoms with Crippen LogP contribution in [0.15, 0.2) is 146 Å². The van der Waals surface area contributed by atoms with Gasteiger partial charge in [-0.1, -0.05) is 140 Å². The minimum absolute atomic E-state index is 0.248. The number of ketones is 1. The number of nitrogens with zero attached hydrogens (tertiary/aromatic N) is 1. The van der Waals surface area contributed by atoms with E-state index in [2.05, 4.69) is 5.32 Å². The van der Waals surface area contributed by atoms with Gasteiger partial charge in [-0.3, -0.25) is 14.4 Å². The van der Waals surface area contributed by atoms with E-state index in [-0.39, 0.29) is 11.7 Å². The highest BCUT2D eigenvalue weighted by Gasteiger charge is 2.71. The molecule has 5 aromatic carbocycles. The van der Waals surface area contributed by atoms with E-state index in [0.717, 1.165) is 22.4 Å². The summed E-state index contributed by atoms with van der Waals surface area (Å²) in [6.07, 6.45) is 3.20. The Balaban J connectivity index is 1.36. The van der Waals surface area contributed by atoms with Crippen LogP contribution in [0.3, 0.4) is 0 Å². The number of anilines is 2. The first-order valence-corrected chi connectivity index (χ1v) is 15.4. The van der Waals surface area contributed by atoms with Crippen LogP contribution in [-0.2, 0) is 19.7 Å². The lowest BCUT2D eigenvalue weighted by atomic mass is 9.66. The molecular formula is C40H30N2O4. The van der Waals surface area contributed by atoms with Crippen LogP contribution in [0, 0.1) is 5.92 Å². The predicted molar refractivity (Wildman–Crippen MR) is 177 cm³/mol. The number of hydrogen-bond donors (Lipinski definition) is 1. The van der Waals surface area contributed by atoms with Gasteiger partial charge < -0.3 is 15.0 Å². The van der Waals surface area contributed by atoms with Gasteiger partial charge in [0.15, 0.2) is 11.9 Å². The van der Waals surface area contributed by atoms with Gasteiger partial charge >= 0.3 is 5.97 Å². The molecule has 1 N–H and O–H groups in total. The zero-order chi connectivity index (χ0) is 31.3. The van der Waals surface area contributed by atoms with Gasteiger partial charge in [-0.25, -0.2) is 0 Å². The lowest BCUT2D eigenvalue weighted by Crippen LogP contribution is -2.51. The third kappa shape index (κ3) is 4.14. The fourth-order valence-electron chi connectivity index (χ4n) is 7.63. The van der Waals surface area contributed by atoms with Crippen molar-refractivity contribution in [3.05, 3.63) is 173 Å². The minimum Gasteiger partial charge on any atom is -0.452 e. The van der Waals surface area contributed by atoms with Gasteiger partial charge in [-0.05, 0) is 34.4 Å². The second-order valence-electron chi connectivity index (χ2n) is 11.9.